The van der Waals surface area contributed by atoms with Crippen LogP contribution in [-0.2, 0) is 35.4 Å². The smallest absolute Gasteiger partial charge is 0.339 e. The predicted octanol–water partition coefficient (Wildman–Crippen LogP) is -0.621. The van der Waals surface area contributed by atoms with Crippen molar-refractivity contribution in [3.8, 4) is 11.5 Å². The Labute approximate surface area is 219 Å². The van der Waals surface area contributed by atoms with Crippen LogP contribution in [0.4, 0.5) is 0 Å². The number of benzene rings is 2. The molecular weight excluding hydrogens is 546 g/mol. The highest BCUT2D eigenvalue weighted by molar-refractivity contribution is 7.51. The van der Waals surface area contributed by atoms with Crippen molar-refractivity contribution in [2.45, 2.75) is 38.4 Å². The molecule has 0 amide bonds. The molecular formula is C22H34N2O12P2. The van der Waals surface area contributed by atoms with E-state index in [-0.39, 0.29) is 48.9 Å². The minimum absolute atomic E-state index is 0.138. The Balaban J connectivity index is 2.53. The van der Waals surface area contributed by atoms with E-state index in [0.29, 0.717) is 11.1 Å². The van der Waals surface area contributed by atoms with Gasteiger partial charge in [0.15, 0.2) is 0 Å². The predicted molar refractivity (Wildman–Crippen MR) is 135 cm³/mol. The van der Waals surface area contributed by atoms with Crippen molar-refractivity contribution in [1.82, 2.24) is 9.80 Å². The van der Waals surface area contributed by atoms with Gasteiger partial charge in [0, 0.05) is 24.2 Å². The number of aliphatic hydroxyl groups excluding tert-OH is 4. The second-order valence-corrected chi connectivity index (χ2v) is 12.1. The molecule has 2 atom stereocenters. The first-order chi connectivity index (χ1) is 17.7. The average molecular weight is 580 g/mol. The third-order valence-corrected chi connectivity index (χ3v) is 7.36. The van der Waals surface area contributed by atoms with Crippen molar-refractivity contribution >= 4 is 15.2 Å². The molecule has 0 heterocycles. The minimum Gasteiger partial charge on any atom is -0.508 e. The molecule has 0 saturated heterocycles. The monoisotopic (exact) mass is 580 g/mol. The highest BCUT2D eigenvalue weighted by Gasteiger charge is 2.37. The van der Waals surface area contributed by atoms with Crippen LogP contribution < -0.4 is 0 Å². The van der Waals surface area contributed by atoms with Gasteiger partial charge in [0.25, 0.3) is 0 Å². The third-order valence-electron chi connectivity index (χ3n) is 5.89. The fourth-order valence-electron chi connectivity index (χ4n) is 4.12. The lowest BCUT2D eigenvalue weighted by atomic mass is 10.0. The summed E-state index contributed by atoms with van der Waals surface area (Å²) in [7, 11) is -9.59. The van der Waals surface area contributed by atoms with Crippen LogP contribution in [0.5, 0.6) is 11.5 Å². The van der Waals surface area contributed by atoms with Crippen LogP contribution in [0.25, 0.3) is 0 Å². The van der Waals surface area contributed by atoms with Gasteiger partial charge in [-0.3, -0.25) is 18.9 Å². The summed E-state index contributed by atoms with van der Waals surface area (Å²) in [5.74, 6) is -0.571. The van der Waals surface area contributed by atoms with Crippen LogP contribution in [0.2, 0.25) is 0 Å². The molecule has 2 aromatic carbocycles. The summed E-state index contributed by atoms with van der Waals surface area (Å²) in [4.78, 5) is 41.0. The Hall–Kier alpha value is -1.90. The molecule has 0 saturated carbocycles. The standard InChI is InChI=1S/C22H34N2O12P2/c25-9-15-2-4-21(29)18(5-15)8-24(14-38(34,35)36)20(12-28)19(11-27)23(13-37(31,32)33)7-17-3-1-16(10-26)6-22(17)30/h1-6,19-20,25-30H,7-14H2,(H2,31,32,33)(H2,34,35,36)/t19-,20?/m1/s1. The first-order valence-electron chi connectivity index (χ1n) is 11.3. The highest BCUT2D eigenvalue weighted by atomic mass is 31.2. The summed E-state index contributed by atoms with van der Waals surface area (Å²) in [6.45, 7) is -3.11. The molecule has 38 heavy (non-hydrogen) atoms. The van der Waals surface area contributed by atoms with E-state index < -0.39 is 53.1 Å². The summed E-state index contributed by atoms with van der Waals surface area (Å²) in [6, 6.07) is 5.57. The zero-order chi connectivity index (χ0) is 28.7. The van der Waals surface area contributed by atoms with Crippen LogP contribution in [0.1, 0.15) is 22.3 Å². The largest absolute Gasteiger partial charge is 0.508 e. The van der Waals surface area contributed by atoms with Crippen LogP contribution in [-0.4, -0.2) is 97.9 Å². The maximum Gasteiger partial charge on any atom is 0.339 e. The maximum atomic E-state index is 12.0. The summed E-state index contributed by atoms with van der Waals surface area (Å²) < 4.78 is 24.0. The van der Waals surface area contributed by atoms with E-state index in [2.05, 4.69) is 0 Å². The molecule has 16 heteroatoms. The Morgan fingerprint density at radius 1 is 0.632 bits per heavy atom. The lowest BCUT2D eigenvalue weighted by Crippen LogP contribution is -2.55. The zero-order valence-corrected chi connectivity index (χ0v) is 22.1. The second kappa shape index (κ2) is 13.9. The number of aliphatic hydroxyl groups is 4. The zero-order valence-electron chi connectivity index (χ0n) is 20.4. The molecule has 0 radical (unpaired) electrons. The Morgan fingerprint density at radius 2 is 1.08 bits per heavy atom. The normalized spacial score (nSPS) is 14.3. The molecule has 0 aliphatic carbocycles. The van der Waals surface area contributed by atoms with E-state index in [1.54, 1.807) is 0 Å². The van der Waals surface area contributed by atoms with Gasteiger partial charge in [-0.05, 0) is 29.3 Å². The fraction of sp³-hybridized carbons (Fsp3) is 0.455. The lowest BCUT2D eigenvalue weighted by Gasteiger charge is -2.41. The van der Waals surface area contributed by atoms with Crippen molar-refractivity contribution in [3.05, 3.63) is 58.7 Å². The van der Waals surface area contributed by atoms with Gasteiger partial charge in [0.05, 0.1) is 38.5 Å². The van der Waals surface area contributed by atoms with Crippen molar-refractivity contribution in [2.24, 2.45) is 0 Å². The summed E-state index contributed by atoms with van der Waals surface area (Å²) in [5, 5.41) is 59.9. The molecule has 10 N–H and O–H groups in total. The first kappa shape index (κ1) is 32.3. The summed E-state index contributed by atoms with van der Waals surface area (Å²) in [5.41, 5.74) is 1.06. The quantitative estimate of drug-likeness (QED) is 0.118. The van der Waals surface area contributed by atoms with E-state index in [1.165, 1.54) is 36.4 Å². The van der Waals surface area contributed by atoms with E-state index in [0.717, 1.165) is 9.80 Å². The molecule has 2 rings (SSSR count). The summed E-state index contributed by atoms with van der Waals surface area (Å²) in [6.07, 6.45) is -1.89. The van der Waals surface area contributed by atoms with Gasteiger partial charge in [0.1, 0.15) is 24.1 Å². The molecule has 0 aromatic heterocycles. The van der Waals surface area contributed by atoms with Gasteiger partial charge in [0.2, 0.25) is 0 Å². The highest BCUT2D eigenvalue weighted by Crippen LogP contribution is 2.40. The number of rotatable bonds is 15. The van der Waals surface area contributed by atoms with Crippen LogP contribution in [0, 0.1) is 0 Å². The number of nitrogens with zero attached hydrogens (tertiary/aromatic N) is 2. The molecule has 0 aliphatic heterocycles. The Morgan fingerprint density at radius 3 is 1.50 bits per heavy atom. The van der Waals surface area contributed by atoms with Gasteiger partial charge in [-0.2, -0.15) is 0 Å². The van der Waals surface area contributed by atoms with Crippen molar-refractivity contribution in [1.29, 1.82) is 0 Å². The molecule has 0 spiro atoms. The van der Waals surface area contributed by atoms with Crippen LogP contribution in [0.15, 0.2) is 36.4 Å². The SMILES string of the molecule is O=P(O)(O)CN(Cc1cc(CO)ccc1O)C(CO)[C@@H](CO)N(Cc1ccc(CO)cc1O)CP(=O)(O)O. The van der Waals surface area contributed by atoms with E-state index in [1.807, 2.05) is 0 Å². The molecule has 1 unspecified atom stereocenters. The Kier molecular flexibility index (Phi) is 11.9. The van der Waals surface area contributed by atoms with Crippen molar-refractivity contribution in [2.75, 3.05) is 25.8 Å². The second-order valence-electron chi connectivity index (χ2n) is 8.85. The fourth-order valence-corrected chi connectivity index (χ4v) is 5.69. The number of aromatic hydroxyl groups is 2. The van der Waals surface area contributed by atoms with Gasteiger partial charge in [-0.25, -0.2) is 0 Å². The Bertz CT molecular complexity index is 1160. The first-order valence-corrected chi connectivity index (χ1v) is 14.9. The number of phenolic OH excluding ortho intramolecular Hbond substituents is 2. The third kappa shape index (κ3) is 9.69. The molecule has 2 aromatic rings. The van der Waals surface area contributed by atoms with E-state index >= 15 is 0 Å². The molecule has 0 fully saturated rings. The minimum atomic E-state index is -4.80. The van der Waals surface area contributed by atoms with Gasteiger partial charge >= 0.3 is 15.2 Å². The van der Waals surface area contributed by atoms with Crippen LogP contribution in [0.3, 0.4) is 0 Å². The summed E-state index contributed by atoms with van der Waals surface area (Å²) >= 11 is 0. The van der Waals surface area contributed by atoms with Crippen molar-refractivity contribution < 1.29 is 59.3 Å². The number of hydrogen-bond donors (Lipinski definition) is 10. The maximum absolute atomic E-state index is 12.0. The lowest BCUT2D eigenvalue weighted by molar-refractivity contribution is 0.0157. The molecule has 0 aliphatic rings. The molecule has 14 nitrogen and oxygen atoms in total. The van der Waals surface area contributed by atoms with E-state index in [4.69, 9.17) is 0 Å². The van der Waals surface area contributed by atoms with Crippen molar-refractivity contribution in [3.63, 3.8) is 0 Å². The number of phenols is 2. The molecule has 0 bridgehead atoms. The van der Waals surface area contributed by atoms with E-state index in [9.17, 15) is 59.3 Å². The van der Waals surface area contributed by atoms with Gasteiger partial charge < -0.3 is 50.2 Å². The topological polar surface area (TPSA) is 243 Å². The molecule has 214 valence electrons. The average Bonchev–Trinajstić information content (AvgIpc) is 2.82. The number of hydrogen-bond acceptors (Lipinski definition) is 10. The van der Waals surface area contributed by atoms with Gasteiger partial charge in [-0.15, -0.1) is 0 Å². The van der Waals surface area contributed by atoms with Gasteiger partial charge in [-0.1, -0.05) is 18.2 Å². The van der Waals surface area contributed by atoms with Crippen LogP contribution >= 0.6 is 15.2 Å².